The van der Waals surface area contributed by atoms with E-state index in [0.29, 0.717) is 18.8 Å². The van der Waals surface area contributed by atoms with Crippen LogP contribution in [-0.4, -0.2) is 29.7 Å². The largest absolute Gasteiger partial charge is 0.367 e. The van der Waals surface area contributed by atoms with Crippen molar-refractivity contribution in [2.24, 2.45) is 0 Å². The molecule has 3 rings (SSSR count). The van der Waals surface area contributed by atoms with Gasteiger partial charge in [0.05, 0.1) is 18.8 Å². The fraction of sp³-hybridized carbons (Fsp3) is 0.500. The summed E-state index contributed by atoms with van der Waals surface area (Å²) in [5.74, 6) is 0.832. The minimum absolute atomic E-state index is 0.0450. The van der Waals surface area contributed by atoms with Gasteiger partial charge in [-0.3, -0.25) is 0 Å². The average Bonchev–Trinajstić information content (AvgIpc) is 3.06. The van der Waals surface area contributed by atoms with Gasteiger partial charge < -0.3 is 9.64 Å². The summed E-state index contributed by atoms with van der Waals surface area (Å²) in [6.07, 6.45) is -0.0477. The molecular formula is C18H22N4OS. The van der Waals surface area contributed by atoms with E-state index >= 15 is 0 Å². The smallest absolute Gasteiger partial charge is 0.145 e. The Labute approximate surface area is 146 Å². The molecule has 1 aliphatic heterocycles. The molecule has 126 valence electrons. The van der Waals surface area contributed by atoms with Gasteiger partial charge in [-0.25, -0.2) is 9.97 Å². The first-order chi connectivity index (χ1) is 11.4. The van der Waals surface area contributed by atoms with E-state index in [0.717, 1.165) is 28.6 Å². The molecule has 5 nitrogen and oxygen atoms in total. The van der Waals surface area contributed by atoms with Gasteiger partial charge >= 0.3 is 0 Å². The Morgan fingerprint density at radius 1 is 1.33 bits per heavy atom. The zero-order chi connectivity index (χ0) is 17.3. The number of thiazole rings is 1. The maximum atomic E-state index is 9.19. The molecule has 0 bridgehead atoms. The van der Waals surface area contributed by atoms with E-state index < -0.39 is 0 Å². The SMILES string of the molecule is Cc1ccc(N2CCOC(c3nc(C(C)(C)C)cs3)C2)nc1C#N. The number of nitrogens with zero attached hydrogens (tertiary/aromatic N) is 4. The first kappa shape index (κ1) is 16.9. The normalized spacial score (nSPS) is 18.5. The molecule has 1 fully saturated rings. The number of aromatic nitrogens is 2. The highest BCUT2D eigenvalue weighted by Gasteiger charge is 2.27. The molecule has 1 atom stereocenters. The highest BCUT2D eigenvalue weighted by atomic mass is 32.1. The monoisotopic (exact) mass is 342 g/mol. The molecule has 0 spiro atoms. The van der Waals surface area contributed by atoms with Crippen LogP contribution in [0.25, 0.3) is 0 Å². The van der Waals surface area contributed by atoms with Gasteiger partial charge in [0, 0.05) is 17.3 Å². The lowest BCUT2D eigenvalue weighted by molar-refractivity contribution is 0.0392. The maximum Gasteiger partial charge on any atom is 0.145 e. The molecule has 1 unspecified atom stereocenters. The second kappa shape index (κ2) is 6.50. The van der Waals surface area contributed by atoms with Crippen molar-refractivity contribution in [2.75, 3.05) is 24.6 Å². The van der Waals surface area contributed by atoms with Gasteiger partial charge in [-0.1, -0.05) is 26.8 Å². The van der Waals surface area contributed by atoms with Crippen LogP contribution in [0.4, 0.5) is 5.82 Å². The summed E-state index contributed by atoms with van der Waals surface area (Å²) < 4.78 is 5.94. The van der Waals surface area contributed by atoms with Crippen molar-refractivity contribution in [3.05, 3.63) is 39.5 Å². The first-order valence-electron chi connectivity index (χ1n) is 8.08. The quantitative estimate of drug-likeness (QED) is 0.834. The minimum atomic E-state index is -0.0477. The lowest BCUT2D eigenvalue weighted by Crippen LogP contribution is -2.39. The topological polar surface area (TPSA) is 62.0 Å². The van der Waals surface area contributed by atoms with Crippen LogP contribution < -0.4 is 4.90 Å². The van der Waals surface area contributed by atoms with E-state index in [9.17, 15) is 5.26 Å². The van der Waals surface area contributed by atoms with Crippen LogP contribution in [0.2, 0.25) is 0 Å². The Bertz CT molecular complexity index is 772. The van der Waals surface area contributed by atoms with Crippen LogP contribution in [0.5, 0.6) is 0 Å². The highest BCUT2D eigenvalue weighted by molar-refractivity contribution is 7.09. The van der Waals surface area contributed by atoms with Gasteiger partial charge in [-0.05, 0) is 18.6 Å². The zero-order valence-corrected chi connectivity index (χ0v) is 15.4. The van der Waals surface area contributed by atoms with E-state index in [-0.39, 0.29) is 11.5 Å². The number of rotatable bonds is 2. The third-order valence-electron chi connectivity index (χ3n) is 4.14. The molecule has 2 aromatic rings. The summed E-state index contributed by atoms with van der Waals surface area (Å²) in [5.41, 5.74) is 2.53. The standard InChI is InChI=1S/C18H22N4OS/c1-12-5-6-16(20-13(12)9-19)22-7-8-23-14(10-22)17-21-15(11-24-17)18(2,3)4/h5-6,11,14H,7-8,10H2,1-4H3. The van der Waals surface area contributed by atoms with Gasteiger partial charge in [0.1, 0.15) is 28.7 Å². The van der Waals surface area contributed by atoms with Gasteiger partial charge in [0.25, 0.3) is 0 Å². The van der Waals surface area contributed by atoms with Crippen LogP contribution in [0.3, 0.4) is 0 Å². The molecular weight excluding hydrogens is 320 g/mol. The van der Waals surface area contributed by atoms with Crippen molar-refractivity contribution in [1.29, 1.82) is 5.26 Å². The second-order valence-corrected chi connectivity index (χ2v) is 7.96. The third-order valence-corrected chi connectivity index (χ3v) is 5.08. The summed E-state index contributed by atoms with van der Waals surface area (Å²) in [6.45, 7) is 10.5. The number of morpholine rings is 1. The Kier molecular flexibility index (Phi) is 4.57. The molecule has 3 heterocycles. The van der Waals surface area contributed by atoms with Crippen LogP contribution in [0.15, 0.2) is 17.5 Å². The summed E-state index contributed by atoms with van der Waals surface area (Å²) in [6, 6.07) is 6.08. The molecule has 1 aliphatic rings. The summed E-state index contributed by atoms with van der Waals surface area (Å²) in [7, 11) is 0. The van der Waals surface area contributed by atoms with Crippen LogP contribution in [0.1, 0.15) is 48.8 Å². The van der Waals surface area contributed by atoms with Crippen LogP contribution in [-0.2, 0) is 10.2 Å². The fourth-order valence-electron chi connectivity index (χ4n) is 2.59. The first-order valence-corrected chi connectivity index (χ1v) is 8.96. The summed E-state index contributed by atoms with van der Waals surface area (Å²) >= 11 is 1.65. The molecule has 2 aromatic heterocycles. The molecule has 6 heteroatoms. The summed E-state index contributed by atoms with van der Waals surface area (Å²) in [4.78, 5) is 11.4. The second-order valence-electron chi connectivity index (χ2n) is 7.07. The highest BCUT2D eigenvalue weighted by Crippen LogP contribution is 2.31. The van der Waals surface area contributed by atoms with Gasteiger partial charge in [-0.2, -0.15) is 5.26 Å². The fourth-order valence-corrected chi connectivity index (χ4v) is 3.68. The van der Waals surface area contributed by atoms with Gasteiger partial charge in [-0.15, -0.1) is 11.3 Å². The van der Waals surface area contributed by atoms with Crippen molar-refractivity contribution < 1.29 is 4.74 Å². The molecule has 0 saturated carbocycles. The lowest BCUT2D eigenvalue weighted by atomic mass is 9.93. The van der Waals surface area contributed by atoms with E-state index in [1.807, 2.05) is 19.1 Å². The summed E-state index contributed by atoms with van der Waals surface area (Å²) in [5, 5.41) is 12.3. The molecule has 0 aromatic carbocycles. The molecule has 0 amide bonds. The average molecular weight is 342 g/mol. The van der Waals surface area contributed by atoms with E-state index in [1.165, 1.54) is 0 Å². The van der Waals surface area contributed by atoms with Crippen LogP contribution >= 0.6 is 11.3 Å². The van der Waals surface area contributed by atoms with Gasteiger partial charge in [0.2, 0.25) is 0 Å². The number of hydrogen-bond acceptors (Lipinski definition) is 6. The van der Waals surface area contributed by atoms with Gasteiger partial charge in [0.15, 0.2) is 0 Å². The third kappa shape index (κ3) is 3.42. The van der Waals surface area contributed by atoms with Crippen LogP contribution in [0, 0.1) is 18.3 Å². The Morgan fingerprint density at radius 2 is 2.12 bits per heavy atom. The number of aryl methyl sites for hydroxylation is 1. The number of nitriles is 1. The molecule has 0 N–H and O–H groups in total. The maximum absolute atomic E-state index is 9.19. The predicted molar refractivity (Wildman–Crippen MR) is 95.4 cm³/mol. The zero-order valence-electron chi connectivity index (χ0n) is 14.5. The number of ether oxygens (including phenoxy) is 1. The lowest BCUT2D eigenvalue weighted by Gasteiger charge is -2.33. The molecule has 24 heavy (non-hydrogen) atoms. The van der Waals surface area contributed by atoms with Crippen molar-refractivity contribution in [2.45, 2.75) is 39.2 Å². The van der Waals surface area contributed by atoms with Crippen molar-refractivity contribution in [3.8, 4) is 6.07 Å². The van der Waals surface area contributed by atoms with E-state index in [4.69, 9.17) is 9.72 Å². The Morgan fingerprint density at radius 3 is 2.79 bits per heavy atom. The number of anilines is 1. The van der Waals surface area contributed by atoms with E-state index in [1.54, 1.807) is 11.3 Å². The van der Waals surface area contributed by atoms with Crippen molar-refractivity contribution in [3.63, 3.8) is 0 Å². The minimum Gasteiger partial charge on any atom is -0.367 e. The predicted octanol–water partition coefficient (Wildman–Crippen LogP) is 3.59. The molecule has 1 saturated heterocycles. The Hall–Kier alpha value is -1.97. The molecule has 0 radical (unpaired) electrons. The number of hydrogen-bond donors (Lipinski definition) is 0. The Balaban J connectivity index is 1.80. The van der Waals surface area contributed by atoms with Crippen molar-refractivity contribution in [1.82, 2.24) is 9.97 Å². The number of pyridine rings is 1. The van der Waals surface area contributed by atoms with Crippen molar-refractivity contribution >= 4 is 17.2 Å². The molecule has 0 aliphatic carbocycles. The van der Waals surface area contributed by atoms with E-state index in [2.05, 4.69) is 42.1 Å².